The maximum atomic E-state index is 10.4. The lowest BCUT2D eigenvalue weighted by molar-refractivity contribution is -0.116. The van der Waals surface area contributed by atoms with Gasteiger partial charge in [0, 0.05) is 5.41 Å². The maximum absolute atomic E-state index is 10.4. The SMILES string of the molecule is CC(C)(C)C(=O)Br. The van der Waals surface area contributed by atoms with Crippen molar-refractivity contribution >= 4 is 20.6 Å². The Bertz CT molecular complexity index is 80.6. The van der Waals surface area contributed by atoms with Crippen LogP contribution in [0, 0.1) is 5.41 Å². The van der Waals surface area contributed by atoms with E-state index in [9.17, 15) is 4.79 Å². The minimum absolute atomic E-state index is 0.0556. The fourth-order valence-electron chi connectivity index (χ4n) is 0. The smallest absolute Gasteiger partial charge is 0.203 e. The monoisotopic (exact) mass is 164 g/mol. The second-order valence-electron chi connectivity index (χ2n) is 2.52. The maximum Gasteiger partial charge on any atom is 0.203 e. The summed E-state index contributed by atoms with van der Waals surface area (Å²) >= 11 is 2.86. The van der Waals surface area contributed by atoms with Crippen LogP contribution in [-0.2, 0) is 4.79 Å². The molecule has 0 amide bonds. The van der Waals surface area contributed by atoms with E-state index in [4.69, 9.17) is 0 Å². The van der Waals surface area contributed by atoms with Gasteiger partial charge in [-0.05, 0) is 15.9 Å². The van der Waals surface area contributed by atoms with Gasteiger partial charge in [-0.2, -0.15) is 0 Å². The van der Waals surface area contributed by atoms with Crippen molar-refractivity contribution < 1.29 is 4.79 Å². The fourth-order valence-corrected chi connectivity index (χ4v) is 0. The minimum atomic E-state index is -0.222. The molecule has 0 aromatic heterocycles. The van der Waals surface area contributed by atoms with E-state index in [0.29, 0.717) is 0 Å². The summed E-state index contributed by atoms with van der Waals surface area (Å²) in [4.78, 5) is 10.4. The van der Waals surface area contributed by atoms with Gasteiger partial charge in [-0.1, -0.05) is 20.8 Å². The zero-order chi connectivity index (χ0) is 6.08. The topological polar surface area (TPSA) is 17.1 Å². The van der Waals surface area contributed by atoms with Crippen molar-refractivity contribution in [2.45, 2.75) is 20.8 Å². The molecular weight excluding hydrogens is 156 g/mol. The van der Waals surface area contributed by atoms with Crippen LogP contribution in [-0.4, -0.2) is 4.69 Å². The summed E-state index contributed by atoms with van der Waals surface area (Å²) in [5, 5.41) is 0. The third-order valence-corrected chi connectivity index (χ3v) is 1.78. The first-order valence-electron chi connectivity index (χ1n) is 2.14. The van der Waals surface area contributed by atoms with E-state index >= 15 is 0 Å². The molecule has 1 nitrogen and oxygen atoms in total. The first-order chi connectivity index (χ1) is 2.94. The molecule has 0 atom stereocenters. The first kappa shape index (κ1) is 7.15. The largest absolute Gasteiger partial charge is 0.286 e. The van der Waals surface area contributed by atoms with Gasteiger partial charge in [0.25, 0.3) is 0 Å². The summed E-state index contributed by atoms with van der Waals surface area (Å²) in [5.41, 5.74) is -0.222. The molecule has 0 aliphatic heterocycles. The molecule has 0 unspecified atom stereocenters. The van der Waals surface area contributed by atoms with Gasteiger partial charge in [0.05, 0.1) is 0 Å². The zero-order valence-corrected chi connectivity index (χ0v) is 6.37. The Balaban J connectivity index is 3.79. The van der Waals surface area contributed by atoms with Crippen LogP contribution in [0.3, 0.4) is 0 Å². The highest BCUT2D eigenvalue weighted by Gasteiger charge is 2.16. The third kappa shape index (κ3) is 2.80. The Morgan fingerprint density at radius 1 is 1.43 bits per heavy atom. The molecule has 0 saturated heterocycles. The van der Waals surface area contributed by atoms with Gasteiger partial charge < -0.3 is 0 Å². The molecule has 0 aromatic rings. The van der Waals surface area contributed by atoms with E-state index in [2.05, 4.69) is 15.9 Å². The number of rotatable bonds is 0. The highest BCUT2D eigenvalue weighted by atomic mass is 79.9. The molecule has 0 aromatic carbocycles. The minimum Gasteiger partial charge on any atom is -0.286 e. The molecule has 0 heterocycles. The number of carbonyl (C=O) groups excluding carboxylic acids is 1. The number of halogens is 1. The van der Waals surface area contributed by atoms with Crippen LogP contribution in [0.5, 0.6) is 0 Å². The second kappa shape index (κ2) is 1.95. The lowest BCUT2D eigenvalue weighted by Gasteiger charge is -2.09. The molecule has 0 rings (SSSR count). The molecule has 0 aliphatic carbocycles. The summed E-state index contributed by atoms with van der Waals surface area (Å²) in [6.45, 7) is 5.60. The second-order valence-corrected chi connectivity index (χ2v) is 3.24. The van der Waals surface area contributed by atoms with Crippen LogP contribution in [0.2, 0.25) is 0 Å². The van der Waals surface area contributed by atoms with Crippen molar-refractivity contribution in [2.24, 2.45) is 5.41 Å². The average Bonchev–Trinajstić information content (AvgIpc) is 1.31. The number of hydrogen-bond acceptors (Lipinski definition) is 1. The molecule has 7 heavy (non-hydrogen) atoms. The zero-order valence-electron chi connectivity index (χ0n) is 4.79. The van der Waals surface area contributed by atoms with Crippen LogP contribution < -0.4 is 0 Å². The summed E-state index contributed by atoms with van der Waals surface area (Å²) in [7, 11) is 0. The molecule has 2 heteroatoms. The Morgan fingerprint density at radius 3 is 1.57 bits per heavy atom. The molecule has 42 valence electrons. The Kier molecular flexibility index (Phi) is 1.99. The highest BCUT2D eigenvalue weighted by molar-refractivity contribution is 9.18. The van der Waals surface area contributed by atoms with E-state index < -0.39 is 0 Å². The molecule has 0 saturated carbocycles. The fraction of sp³-hybridized carbons (Fsp3) is 0.800. The van der Waals surface area contributed by atoms with Gasteiger partial charge in [-0.25, -0.2) is 0 Å². The number of hydrogen-bond donors (Lipinski definition) is 0. The normalized spacial score (nSPS) is 11.4. The molecule has 0 radical (unpaired) electrons. The Hall–Kier alpha value is 0.150. The molecule has 0 fully saturated rings. The average molecular weight is 165 g/mol. The van der Waals surface area contributed by atoms with Crippen molar-refractivity contribution in [2.75, 3.05) is 0 Å². The molecule has 0 spiro atoms. The lowest BCUT2D eigenvalue weighted by Crippen LogP contribution is -2.12. The number of carbonyl (C=O) groups is 1. The van der Waals surface area contributed by atoms with Crippen molar-refractivity contribution in [3.05, 3.63) is 0 Å². The lowest BCUT2D eigenvalue weighted by atomic mass is 10.00. The third-order valence-electron chi connectivity index (χ3n) is 0.590. The van der Waals surface area contributed by atoms with Crippen LogP contribution in [0.4, 0.5) is 0 Å². The van der Waals surface area contributed by atoms with Gasteiger partial charge in [-0.3, -0.25) is 4.79 Å². The van der Waals surface area contributed by atoms with Gasteiger partial charge in [0.15, 0.2) is 0 Å². The van der Waals surface area contributed by atoms with Gasteiger partial charge in [0.1, 0.15) is 0 Å². The first-order valence-corrected chi connectivity index (χ1v) is 2.94. The van der Waals surface area contributed by atoms with Gasteiger partial charge in [0.2, 0.25) is 4.69 Å². The predicted molar refractivity (Wildman–Crippen MR) is 33.4 cm³/mol. The van der Waals surface area contributed by atoms with Crippen LogP contribution in [0.15, 0.2) is 0 Å². The summed E-state index contributed by atoms with van der Waals surface area (Å²) in [5.74, 6) is 0. The summed E-state index contributed by atoms with van der Waals surface area (Å²) in [6.07, 6.45) is 0. The molecule has 0 aliphatic rings. The van der Waals surface area contributed by atoms with Crippen molar-refractivity contribution in [1.29, 1.82) is 0 Å². The van der Waals surface area contributed by atoms with E-state index in [-0.39, 0.29) is 10.1 Å². The Morgan fingerprint density at radius 2 is 1.57 bits per heavy atom. The standard InChI is InChI=1S/C5H9BrO/c1-5(2,3)4(6)7/h1-3H3. The quantitative estimate of drug-likeness (QED) is 0.501. The van der Waals surface area contributed by atoms with E-state index in [1.807, 2.05) is 20.8 Å². The predicted octanol–water partition coefficient (Wildman–Crippen LogP) is 1.95. The van der Waals surface area contributed by atoms with E-state index in [1.165, 1.54) is 0 Å². The van der Waals surface area contributed by atoms with Crippen molar-refractivity contribution in [1.82, 2.24) is 0 Å². The van der Waals surface area contributed by atoms with E-state index in [1.54, 1.807) is 0 Å². The van der Waals surface area contributed by atoms with Crippen LogP contribution in [0.1, 0.15) is 20.8 Å². The summed E-state index contributed by atoms with van der Waals surface area (Å²) < 4.78 is 0.0556. The Labute approximate surface area is 52.2 Å². The van der Waals surface area contributed by atoms with Crippen LogP contribution in [0.25, 0.3) is 0 Å². The highest BCUT2D eigenvalue weighted by Crippen LogP contribution is 2.17. The van der Waals surface area contributed by atoms with Crippen LogP contribution >= 0.6 is 15.9 Å². The molecular formula is C5H9BrO. The van der Waals surface area contributed by atoms with E-state index in [0.717, 1.165) is 0 Å². The summed E-state index contributed by atoms with van der Waals surface area (Å²) in [6, 6.07) is 0. The van der Waals surface area contributed by atoms with Crippen molar-refractivity contribution in [3.8, 4) is 0 Å². The molecule has 0 bridgehead atoms. The van der Waals surface area contributed by atoms with Crippen molar-refractivity contribution in [3.63, 3.8) is 0 Å². The van der Waals surface area contributed by atoms with Gasteiger partial charge in [-0.15, -0.1) is 0 Å². The molecule has 0 N–H and O–H groups in total. The van der Waals surface area contributed by atoms with Gasteiger partial charge >= 0.3 is 0 Å².